The molecule has 1 aromatic carbocycles. The van der Waals surface area contributed by atoms with Crippen LogP contribution in [-0.4, -0.2) is 40.0 Å². The van der Waals surface area contributed by atoms with Crippen LogP contribution in [-0.2, 0) is 10.0 Å². The van der Waals surface area contributed by atoms with E-state index in [1.807, 2.05) is 13.8 Å². The van der Waals surface area contributed by atoms with Crippen molar-refractivity contribution in [1.82, 2.24) is 4.31 Å². The molecule has 0 spiro atoms. The molecule has 0 unspecified atom stereocenters. The Bertz CT molecular complexity index is 497. The lowest BCUT2D eigenvalue weighted by molar-refractivity contribution is 0.321. The number of hydrogen-bond donors (Lipinski definition) is 0. The van der Waals surface area contributed by atoms with Gasteiger partial charge in [-0.15, -0.1) is 0 Å². The van der Waals surface area contributed by atoms with Gasteiger partial charge in [0.05, 0.1) is 13.2 Å². The van der Waals surface area contributed by atoms with Crippen molar-refractivity contribution in [2.75, 3.05) is 27.3 Å². The highest BCUT2D eigenvalue weighted by atomic mass is 32.2. The molecule has 0 fully saturated rings. The van der Waals surface area contributed by atoms with Gasteiger partial charge in [-0.25, -0.2) is 12.7 Å². The lowest BCUT2D eigenvalue weighted by atomic mass is 10.3. The van der Waals surface area contributed by atoms with Gasteiger partial charge in [0.2, 0.25) is 10.0 Å². The molecule has 0 aliphatic carbocycles. The summed E-state index contributed by atoms with van der Waals surface area (Å²) < 4.78 is 36.2. The Balaban J connectivity index is 3.32. The van der Waals surface area contributed by atoms with Gasteiger partial charge in [-0.05, 0) is 26.0 Å². The van der Waals surface area contributed by atoms with Gasteiger partial charge in [0.25, 0.3) is 0 Å². The van der Waals surface area contributed by atoms with Gasteiger partial charge in [0.15, 0.2) is 0 Å². The van der Waals surface area contributed by atoms with Gasteiger partial charge in [0, 0.05) is 20.2 Å². The van der Waals surface area contributed by atoms with Crippen molar-refractivity contribution in [1.29, 1.82) is 0 Å². The molecule has 0 amide bonds. The second kappa shape index (κ2) is 6.06. The summed E-state index contributed by atoms with van der Waals surface area (Å²) in [6.07, 6.45) is 0. The van der Waals surface area contributed by atoms with E-state index in [4.69, 9.17) is 9.47 Å². The van der Waals surface area contributed by atoms with Crippen molar-refractivity contribution < 1.29 is 17.9 Å². The first-order valence-electron chi connectivity index (χ1n) is 5.75. The summed E-state index contributed by atoms with van der Waals surface area (Å²) in [5.41, 5.74) is 0. The van der Waals surface area contributed by atoms with E-state index >= 15 is 0 Å². The van der Waals surface area contributed by atoms with Crippen LogP contribution in [0.5, 0.6) is 11.5 Å². The van der Waals surface area contributed by atoms with Crippen molar-refractivity contribution in [3.63, 3.8) is 0 Å². The quantitative estimate of drug-likeness (QED) is 0.792. The minimum Gasteiger partial charge on any atom is -0.494 e. The molecule has 0 aliphatic heterocycles. The zero-order chi connectivity index (χ0) is 13.8. The minimum atomic E-state index is -3.54. The molecular formula is C12H19NO4S. The van der Waals surface area contributed by atoms with E-state index in [2.05, 4.69) is 0 Å². The smallest absolute Gasteiger partial charge is 0.246 e. The van der Waals surface area contributed by atoms with E-state index in [1.165, 1.54) is 20.2 Å². The summed E-state index contributed by atoms with van der Waals surface area (Å²) in [4.78, 5) is 0.125. The first-order chi connectivity index (χ1) is 8.43. The van der Waals surface area contributed by atoms with Crippen LogP contribution in [0.3, 0.4) is 0 Å². The number of benzene rings is 1. The van der Waals surface area contributed by atoms with Crippen LogP contribution in [0.4, 0.5) is 0 Å². The molecule has 0 atom stereocenters. The summed E-state index contributed by atoms with van der Waals surface area (Å²) in [6, 6.07) is 4.80. The number of ether oxygens (including phenoxy) is 2. The molecule has 1 aromatic rings. The van der Waals surface area contributed by atoms with Crippen molar-refractivity contribution in [3.05, 3.63) is 18.2 Å². The van der Waals surface area contributed by atoms with Crippen LogP contribution in [0.1, 0.15) is 13.8 Å². The Morgan fingerprint density at radius 2 is 1.72 bits per heavy atom. The fraction of sp³-hybridized carbons (Fsp3) is 0.500. The predicted octanol–water partition coefficient (Wildman–Crippen LogP) is 1.73. The summed E-state index contributed by atoms with van der Waals surface area (Å²) in [5.74, 6) is 0.857. The first kappa shape index (κ1) is 14.8. The Labute approximate surface area is 108 Å². The van der Waals surface area contributed by atoms with Gasteiger partial charge < -0.3 is 9.47 Å². The fourth-order valence-electron chi connectivity index (χ4n) is 1.42. The van der Waals surface area contributed by atoms with Crippen LogP contribution in [0, 0.1) is 0 Å². The molecule has 0 aromatic heterocycles. The van der Waals surface area contributed by atoms with Crippen LogP contribution in [0.15, 0.2) is 23.1 Å². The maximum absolute atomic E-state index is 12.2. The summed E-state index contributed by atoms with van der Waals surface area (Å²) in [6.45, 7) is 4.54. The van der Waals surface area contributed by atoms with Crippen LogP contribution in [0.25, 0.3) is 0 Å². The lowest BCUT2D eigenvalue weighted by Crippen LogP contribution is -2.23. The Morgan fingerprint density at radius 1 is 1.11 bits per heavy atom. The maximum Gasteiger partial charge on any atom is 0.246 e. The van der Waals surface area contributed by atoms with Gasteiger partial charge in [-0.2, -0.15) is 0 Å². The average Bonchev–Trinajstić information content (AvgIpc) is 2.31. The highest BCUT2D eigenvalue weighted by molar-refractivity contribution is 7.89. The minimum absolute atomic E-state index is 0.125. The monoisotopic (exact) mass is 273 g/mol. The lowest BCUT2D eigenvalue weighted by Gasteiger charge is -2.16. The highest BCUT2D eigenvalue weighted by Gasteiger charge is 2.23. The SMILES string of the molecule is CCOc1ccc(OCC)c(S(=O)(=O)N(C)C)c1. The zero-order valence-electron chi connectivity index (χ0n) is 11.1. The van der Waals surface area contributed by atoms with E-state index in [1.54, 1.807) is 12.1 Å². The third-order valence-electron chi connectivity index (χ3n) is 2.28. The van der Waals surface area contributed by atoms with Crippen molar-refractivity contribution in [3.8, 4) is 11.5 Å². The molecule has 0 aliphatic rings. The van der Waals surface area contributed by atoms with Crippen LogP contribution < -0.4 is 9.47 Å². The van der Waals surface area contributed by atoms with E-state index in [0.717, 1.165) is 4.31 Å². The molecule has 0 saturated heterocycles. The van der Waals surface area contributed by atoms with Crippen LogP contribution >= 0.6 is 0 Å². The fourth-order valence-corrected chi connectivity index (χ4v) is 2.46. The van der Waals surface area contributed by atoms with Gasteiger partial charge in [0.1, 0.15) is 16.4 Å². The van der Waals surface area contributed by atoms with E-state index in [9.17, 15) is 8.42 Å². The largest absolute Gasteiger partial charge is 0.494 e. The molecule has 0 radical (unpaired) electrons. The Morgan fingerprint density at radius 3 is 2.22 bits per heavy atom. The van der Waals surface area contributed by atoms with Crippen molar-refractivity contribution >= 4 is 10.0 Å². The van der Waals surface area contributed by atoms with Crippen LogP contribution in [0.2, 0.25) is 0 Å². The zero-order valence-corrected chi connectivity index (χ0v) is 12.0. The first-order valence-corrected chi connectivity index (χ1v) is 7.19. The second-order valence-corrected chi connectivity index (χ2v) is 5.88. The molecule has 6 heteroatoms. The van der Waals surface area contributed by atoms with E-state index in [-0.39, 0.29) is 4.90 Å². The van der Waals surface area contributed by atoms with Crippen molar-refractivity contribution in [2.45, 2.75) is 18.7 Å². The number of sulfonamides is 1. The standard InChI is InChI=1S/C12H19NO4S/c1-5-16-10-7-8-11(17-6-2)12(9-10)18(14,15)13(3)4/h7-9H,5-6H2,1-4H3. The van der Waals surface area contributed by atoms with Crippen molar-refractivity contribution in [2.24, 2.45) is 0 Å². The van der Waals surface area contributed by atoms with Gasteiger partial charge in [-0.1, -0.05) is 0 Å². The van der Waals surface area contributed by atoms with E-state index in [0.29, 0.717) is 24.7 Å². The molecule has 0 saturated carbocycles. The van der Waals surface area contributed by atoms with Gasteiger partial charge in [-0.3, -0.25) is 0 Å². The summed E-state index contributed by atoms with van der Waals surface area (Å²) >= 11 is 0. The van der Waals surface area contributed by atoms with Gasteiger partial charge >= 0.3 is 0 Å². The molecule has 0 bridgehead atoms. The molecule has 5 nitrogen and oxygen atoms in total. The Hall–Kier alpha value is -1.27. The molecule has 18 heavy (non-hydrogen) atoms. The number of rotatable bonds is 6. The predicted molar refractivity (Wildman–Crippen MR) is 69.7 cm³/mol. The third-order valence-corrected chi connectivity index (χ3v) is 4.12. The Kier molecular flexibility index (Phi) is 4.98. The summed E-state index contributed by atoms with van der Waals surface area (Å²) in [7, 11) is -0.573. The molecule has 0 N–H and O–H groups in total. The molecular weight excluding hydrogens is 254 g/mol. The third kappa shape index (κ3) is 3.14. The number of nitrogens with zero attached hydrogens (tertiary/aromatic N) is 1. The van der Waals surface area contributed by atoms with E-state index < -0.39 is 10.0 Å². The maximum atomic E-state index is 12.2. The highest BCUT2D eigenvalue weighted by Crippen LogP contribution is 2.30. The average molecular weight is 273 g/mol. The topological polar surface area (TPSA) is 55.8 Å². The molecule has 102 valence electrons. The normalized spacial score (nSPS) is 11.6. The second-order valence-electron chi connectivity index (χ2n) is 3.76. The molecule has 1 rings (SSSR count). The number of hydrogen-bond acceptors (Lipinski definition) is 4. The molecule has 0 heterocycles. The summed E-state index contributed by atoms with van der Waals surface area (Å²) in [5, 5.41) is 0.